The molecular formula is C11H11F3N2O3. The number of benzene rings is 1. The first-order chi connectivity index (χ1) is 8.61. The Morgan fingerprint density at radius 1 is 1.32 bits per heavy atom. The number of rotatable bonds is 3. The minimum absolute atomic E-state index is 0.269. The maximum Gasteiger partial charge on any atom is 0.416 e. The summed E-state index contributed by atoms with van der Waals surface area (Å²) in [6.45, 7) is 1.35. The number of nitrogens with two attached hydrogens (primary N) is 1. The molecule has 0 aliphatic carbocycles. The quantitative estimate of drug-likeness (QED) is 0.783. The van der Waals surface area contributed by atoms with Gasteiger partial charge in [0, 0.05) is 5.69 Å². The molecule has 0 saturated heterocycles. The summed E-state index contributed by atoms with van der Waals surface area (Å²) in [6, 6.07) is 1.14. The molecule has 0 aliphatic rings. The number of carboxylic acids is 1. The number of amides is 1. The molecule has 1 aromatic carbocycles. The van der Waals surface area contributed by atoms with Gasteiger partial charge in [-0.25, -0.2) is 4.79 Å². The number of hydrogen-bond donors (Lipinski definition) is 3. The summed E-state index contributed by atoms with van der Waals surface area (Å²) in [6.07, 6.45) is -4.71. The van der Waals surface area contributed by atoms with Gasteiger partial charge in [0.1, 0.15) is 0 Å². The van der Waals surface area contributed by atoms with Crippen molar-refractivity contribution < 1.29 is 27.9 Å². The Balaban J connectivity index is 3.21. The largest absolute Gasteiger partial charge is 0.478 e. The van der Waals surface area contributed by atoms with Crippen molar-refractivity contribution in [2.45, 2.75) is 19.1 Å². The lowest BCUT2D eigenvalue weighted by Gasteiger charge is -2.12. The molecular weight excluding hydrogens is 265 g/mol. The van der Waals surface area contributed by atoms with Crippen LogP contribution < -0.4 is 11.1 Å². The maximum absolute atomic E-state index is 12.6. The molecule has 0 radical (unpaired) electrons. The third-order valence-electron chi connectivity index (χ3n) is 2.19. The van der Waals surface area contributed by atoms with Gasteiger partial charge in [-0.15, -0.1) is 0 Å². The van der Waals surface area contributed by atoms with E-state index in [1.165, 1.54) is 6.92 Å². The van der Waals surface area contributed by atoms with E-state index in [4.69, 9.17) is 10.8 Å². The molecule has 104 valence electrons. The lowest BCUT2D eigenvalue weighted by molar-refractivity contribution is -0.137. The summed E-state index contributed by atoms with van der Waals surface area (Å²) >= 11 is 0. The van der Waals surface area contributed by atoms with Crippen LogP contribution in [-0.2, 0) is 11.0 Å². The number of carboxylic acid groups (broad SMARTS) is 1. The summed E-state index contributed by atoms with van der Waals surface area (Å²) in [4.78, 5) is 22.0. The maximum atomic E-state index is 12.6. The Labute approximate surface area is 106 Å². The molecule has 4 N–H and O–H groups in total. The summed E-state index contributed by atoms with van der Waals surface area (Å²) in [5.74, 6) is -2.24. The van der Waals surface area contributed by atoms with Gasteiger partial charge in [-0.3, -0.25) is 4.79 Å². The first kappa shape index (κ1) is 15.0. The van der Waals surface area contributed by atoms with Crippen molar-refractivity contribution in [3.05, 3.63) is 29.3 Å². The molecule has 1 amide bonds. The van der Waals surface area contributed by atoms with Crippen molar-refractivity contribution in [1.29, 1.82) is 0 Å². The molecule has 0 aliphatic heterocycles. The Morgan fingerprint density at radius 2 is 1.89 bits per heavy atom. The van der Waals surface area contributed by atoms with Crippen LogP contribution in [0.5, 0.6) is 0 Å². The molecule has 1 rings (SSSR count). The zero-order valence-electron chi connectivity index (χ0n) is 9.78. The molecule has 0 spiro atoms. The number of carbonyl (C=O) groups is 2. The van der Waals surface area contributed by atoms with Gasteiger partial charge in [-0.2, -0.15) is 13.2 Å². The van der Waals surface area contributed by atoms with Crippen LogP contribution >= 0.6 is 0 Å². The normalized spacial score (nSPS) is 12.9. The molecule has 1 atom stereocenters. The second-order valence-electron chi connectivity index (χ2n) is 3.88. The second-order valence-corrected chi connectivity index (χ2v) is 3.88. The van der Waals surface area contributed by atoms with E-state index in [1.54, 1.807) is 0 Å². The highest BCUT2D eigenvalue weighted by molar-refractivity contribution is 5.96. The second kappa shape index (κ2) is 5.27. The van der Waals surface area contributed by atoms with Crippen molar-refractivity contribution >= 4 is 17.6 Å². The summed E-state index contributed by atoms with van der Waals surface area (Å²) < 4.78 is 37.7. The number of aromatic carboxylic acids is 1. The van der Waals surface area contributed by atoms with E-state index in [1.807, 2.05) is 0 Å². The Morgan fingerprint density at radius 3 is 2.32 bits per heavy atom. The average Bonchev–Trinajstić information content (AvgIpc) is 2.27. The van der Waals surface area contributed by atoms with Gasteiger partial charge >= 0.3 is 12.1 Å². The van der Waals surface area contributed by atoms with Crippen LogP contribution in [0, 0.1) is 0 Å². The van der Waals surface area contributed by atoms with E-state index in [0.717, 1.165) is 6.07 Å². The number of anilines is 1. The number of nitrogens with one attached hydrogen (secondary N) is 1. The molecule has 0 fully saturated rings. The van der Waals surface area contributed by atoms with Crippen LogP contribution in [0.3, 0.4) is 0 Å². The van der Waals surface area contributed by atoms with E-state index < -0.39 is 35.2 Å². The molecule has 0 bridgehead atoms. The lowest BCUT2D eigenvalue weighted by atomic mass is 10.1. The topological polar surface area (TPSA) is 92.4 Å². The third-order valence-corrected chi connectivity index (χ3v) is 2.19. The SMILES string of the molecule is C[C@@H](N)C(=O)Nc1cc(C(=O)O)cc(C(F)(F)F)c1. The Bertz CT molecular complexity index is 512. The minimum Gasteiger partial charge on any atom is -0.478 e. The number of halogens is 3. The van der Waals surface area contributed by atoms with Crippen LogP contribution in [0.4, 0.5) is 18.9 Å². The van der Waals surface area contributed by atoms with Crippen molar-refractivity contribution in [2.75, 3.05) is 5.32 Å². The fraction of sp³-hybridized carbons (Fsp3) is 0.273. The van der Waals surface area contributed by atoms with Gasteiger partial charge in [0.05, 0.1) is 17.2 Å². The predicted octanol–water partition coefficient (Wildman–Crippen LogP) is 1.69. The van der Waals surface area contributed by atoms with Gasteiger partial charge in [0.25, 0.3) is 0 Å². The Hall–Kier alpha value is -2.09. The van der Waals surface area contributed by atoms with Gasteiger partial charge in [-0.05, 0) is 25.1 Å². The number of hydrogen-bond acceptors (Lipinski definition) is 3. The zero-order chi connectivity index (χ0) is 14.8. The predicted molar refractivity (Wildman–Crippen MR) is 60.7 cm³/mol. The Kier molecular flexibility index (Phi) is 4.15. The highest BCUT2D eigenvalue weighted by Gasteiger charge is 2.32. The fourth-order valence-corrected chi connectivity index (χ4v) is 1.24. The van der Waals surface area contributed by atoms with Crippen LogP contribution in [0.25, 0.3) is 0 Å². The van der Waals surface area contributed by atoms with E-state index in [2.05, 4.69) is 5.32 Å². The van der Waals surface area contributed by atoms with E-state index in [9.17, 15) is 22.8 Å². The van der Waals surface area contributed by atoms with Crippen LogP contribution in [0.15, 0.2) is 18.2 Å². The first-order valence-electron chi connectivity index (χ1n) is 5.13. The van der Waals surface area contributed by atoms with Gasteiger partial charge < -0.3 is 16.2 Å². The molecule has 0 saturated carbocycles. The van der Waals surface area contributed by atoms with E-state index >= 15 is 0 Å². The molecule has 5 nitrogen and oxygen atoms in total. The fourth-order valence-electron chi connectivity index (χ4n) is 1.24. The molecule has 19 heavy (non-hydrogen) atoms. The van der Waals surface area contributed by atoms with Crippen LogP contribution in [0.2, 0.25) is 0 Å². The summed E-state index contributed by atoms with van der Waals surface area (Å²) in [5.41, 5.74) is 3.25. The standard InChI is InChI=1S/C11H11F3N2O3/c1-5(15)9(17)16-8-3-6(10(18)19)2-7(4-8)11(12,13)14/h2-5H,15H2,1H3,(H,16,17)(H,18,19)/t5-/m1/s1. The zero-order valence-corrected chi connectivity index (χ0v) is 9.78. The van der Waals surface area contributed by atoms with Crippen molar-refractivity contribution in [3.63, 3.8) is 0 Å². The van der Waals surface area contributed by atoms with Crippen LogP contribution in [0.1, 0.15) is 22.8 Å². The van der Waals surface area contributed by atoms with Crippen LogP contribution in [-0.4, -0.2) is 23.0 Å². The summed E-state index contributed by atoms with van der Waals surface area (Å²) in [7, 11) is 0. The highest BCUT2D eigenvalue weighted by Crippen LogP contribution is 2.32. The molecule has 0 heterocycles. The molecule has 1 aromatic rings. The first-order valence-corrected chi connectivity index (χ1v) is 5.13. The molecule has 0 aromatic heterocycles. The van der Waals surface area contributed by atoms with Crippen molar-refractivity contribution in [2.24, 2.45) is 5.73 Å². The molecule has 8 heteroatoms. The van der Waals surface area contributed by atoms with E-state index in [-0.39, 0.29) is 5.69 Å². The van der Waals surface area contributed by atoms with Crippen molar-refractivity contribution in [3.8, 4) is 0 Å². The monoisotopic (exact) mass is 276 g/mol. The van der Waals surface area contributed by atoms with E-state index in [0.29, 0.717) is 12.1 Å². The average molecular weight is 276 g/mol. The lowest BCUT2D eigenvalue weighted by Crippen LogP contribution is -2.32. The number of carbonyl (C=O) groups excluding carboxylic acids is 1. The third kappa shape index (κ3) is 3.95. The number of alkyl halides is 3. The highest BCUT2D eigenvalue weighted by atomic mass is 19.4. The van der Waals surface area contributed by atoms with Crippen molar-refractivity contribution in [1.82, 2.24) is 0 Å². The van der Waals surface area contributed by atoms with Gasteiger partial charge in [0.15, 0.2) is 0 Å². The van der Waals surface area contributed by atoms with Gasteiger partial charge in [0.2, 0.25) is 5.91 Å². The van der Waals surface area contributed by atoms with Gasteiger partial charge in [-0.1, -0.05) is 0 Å². The smallest absolute Gasteiger partial charge is 0.416 e. The summed E-state index contributed by atoms with van der Waals surface area (Å²) in [5, 5.41) is 10.9. The molecule has 0 unspecified atom stereocenters. The minimum atomic E-state index is -4.71.